The van der Waals surface area contributed by atoms with E-state index in [1.54, 1.807) is 18.2 Å². The summed E-state index contributed by atoms with van der Waals surface area (Å²) in [5, 5.41) is 0. The van der Waals surface area contributed by atoms with E-state index in [4.69, 9.17) is 5.73 Å². The van der Waals surface area contributed by atoms with Crippen LogP contribution >= 0.6 is 15.9 Å². The van der Waals surface area contributed by atoms with Crippen molar-refractivity contribution >= 4 is 21.8 Å². The number of carbonyl (C=O) groups is 1. The minimum Gasteiger partial charge on any atom is -0.364 e. The van der Waals surface area contributed by atoms with Crippen LogP contribution in [0.2, 0.25) is 0 Å². The molecule has 1 rings (SSSR count). The van der Waals surface area contributed by atoms with Gasteiger partial charge >= 0.3 is 0 Å². The maximum absolute atomic E-state index is 10.5. The Morgan fingerprint density at radius 2 is 2.30 bits per heavy atom. The first-order valence-corrected chi connectivity index (χ1v) is 3.42. The average molecular weight is 201 g/mol. The van der Waals surface area contributed by atoms with E-state index in [1.165, 1.54) is 0 Å². The maximum atomic E-state index is 10.5. The second-order valence-corrected chi connectivity index (χ2v) is 2.52. The highest BCUT2D eigenvalue weighted by Gasteiger charge is 1.99. The van der Waals surface area contributed by atoms with Gasteiger partial charge in [0.25, 0.3) is 5.91 Å². The van der Waals surface area contributed by atoms with Gasteiger partial charge in [-0.2, -0.15) is 0 Å². The molecule has 10 heavy (non-hydrogen) atoms. The van der Waals surface area contributed by atoms with E-state index in [1.807, 2.05) is 0 Å². The Kier molecular flexibility index (Phi) is 2.01. The zero-order valence-corrected chi connectivity index (χ0v) is 6.63. The summed E-state index contributed by atoms with van der Waals surface area (Å²) in [7, 11) is 0. The van der Waals surface area contributed by atoms with E-state index in [0.717, 1.165) is 0 Å². The van der Waals surface area contributed by atoms with E-state index in [-0.39, 0.29) is 5.69 Å². The molecule has 0 unspecified atom stereocenters. The van der Waals surface area contributed by atoms with Crippen LogP contribution in [0.1, 0.15) is 10.5 Å². The molecule has 0 aliphatic rings. The Labute approximate surface area is 66.4 Å². The van der Waals surface area contributed by atoms with Crippen molar-refractivity contribution in [3.8, 4) is 0 Å². The Bertz CT molecular complexity index is 262. The molecule has 4 heteroatoms. The SMILES string of the molecule is NC(=O)c1cccc(Br)n1. The fourth-order valence-corrected chi connectivity index (χ4v) is 0.889. The monoisotopic (exact) mass is 200 g/mol. The van der Waals surface area contributed by atoms with Gasteiger partial charge in [-0.3, -0.25) is 4.79 Å². The van der Waals surface area contributed by atoms with Crippen LogP contribution in [-0.4, -0.2) is 10.9 Å². The molecule has 0 atom stereocenters. The lowest BCUT2D eigenvalue weighted by Gasteiger charge is -1.92. The largest absolute Gasteiger partial charge is 0.364 e. The van der Waals surface area contributed by atoms with Crippen LogP contribution in [0.25, 0.3) is 0 Å². The smallest absolute Gasteiger partial charge is 0.267 e. The molecule has 1 aromatic rings. The van der Waals surface area contributed by atoms with E-state index in [2.05, 4.69) is 20.9 Å². The molecule has 2 N–H and O–H groups in total. The molecule has 52 valence electrons. The number of rotatable bonds is 1. The fraction of sp³-hybridized carbons (Fsp3) is 0. The van der Waals surface area contributed by atoms with Crippen LogP contribution in [-0.2, 0) is 0 Å². The highest BCUT2D eigenvalue weighted by Crippen LogP contribution is 2.04. The van der Waals surface area contributed by atoms with E-state index < -0.39 is 5.91 Å². The number of hydrogen-bond donors (Lipinski definition) is 1. The van der Waals surface area contributed by atoms with Gasteiger partial charge in [0.1, 0.15) is 10.3 Å². The van der Waals surface area contributed by atoms with Crippen molar-refractivity contribution in [3.05, 3.63) is 28.5 Å². The lowest BCUT2D eigenvalue weighted by molar-refractivity contribution is 0.0995. The summed E-state index contributed by atoms with van der Waals surface area (Å²) in [6.45, 7) is 0. The molecule has 1 amide bonds. The summed E-state index contributed by atoms with van der Waals surface area (Å²) in [6.07, 6.45) is 0. The van der Waals surface area contributed by atoms with Crippen molar-refractivity contribution in [3.63, 3.8) is 0 Å². The Balaban J connectivity index is 3.07. The number of halogens is 1. The fourth-order valence-electron chi connectivity index (χ4n) is 0.545. The highest BCUT2D eigenvalue weighted by molar-refractivity contribution is 9.10. The number of carbonyl (C=O) groups excluding carboxylic acids is 1. The zero-order valence-electron chi connectivity index (χ0n) is 5.04. The summed E-state index contributed by atoms with van der Waals surface area (Å²) >= 11 is 3.11. The summed E-state index contributed by atoms with van der Waals surface area (Å²) in [5.74, 6) is -0.513. The van der Waals surface area contributed by atoms with Gasteiger partial charge in [0.2, 0.25) is 0 Å². The Morgan fingerprint density at radius 3 is 2.70 bits per heavy atom. The maximum Gasteiger partial charge on any atom is 0.267 e. The first kappa shape index (κ1) is 7.21. The van der Waals surface area contributed by atoms with Crippen LogP contribution in [0.3, 0.4) is 0 Å². The lowest BCUT2D eigenvalue weighted by Crippen LogP contribution is -2.12. The number of nitrogens with two attached hydrogens (primary N) is 1. The van der Waals surface area contributed by atoms with Gasteiger partial charge in [0, 0.05) is 0 Å². The van der Waals surface area contributed by atoms with Gasteiger partial charge in [-0.15, -0.1) is 0 Å². The van der Waals surface area contributed by atoms with Gasteiger partial charge in [-0.1, -0.05) is 6.07 Å². The predicted octanol–water partition coefficient (Wildman–Crippen LogP) is 0.943. The second-order valence-electron chi connectivity index (χ2n) is 1.71. The molecule has 1 aromatic heterocycles. The van der Waals surface area contributed by atoms with Crippen molar-refractivity contribution < 1.29 is 4.79 Å². The van der Waals surface area contributed by atoms with Crippen molar-refractivity contribution in [2.75, 3.05) is 0 Å². The first-order valence-electron chi connectivity index (χ1n) is 2.62. The van der Waals surface area contributed by atoms with Crippen molar-refractivity contribution in [1.29, 1.82) is 0 Å². The van der Waals surface area contributed by atoms with Crippen molar-refractivity contribution in [1.82, 2.24) is 4.98 Å². The number of nitrogens with zero attached hydrogens (tertiary/aromatic N) is 1. The molecule has 0 aliphatic carbocycles. The normalized spacial score (nSPS) is 9.30. The van der Waals surface area contributed by atoms with Crippen LogP contribution in [0, 0.1) is 0 Å². The molecule has 3 nitrogen and oxygen atoms in total. The zero-order chi connectivity index (χ0) is 7.56. The molecular formula is C6H5BrN2O. The Hall–Kier alpha value is -0.900. The minimum atomic E-state index is -0.513. The lowest BCUT2D eigenvalue weighted by atomic mass is 10.3. The van der Waals surface area contributed by atoms with Gasteiger partial charge in [0.15, 0.2) is 0 Å². The molecule has 0 fully saturated rings. The van der Waals surface area contributed by atoms with Crippen molar-refractivity contribution in [2.24, 2.45) is 5.73 Å². The summed E-state index contributed by atoms with van der Waals surface area (Å²) in [5.41, 5.74) is 5.23. The van der Waals surface area contributed by atoms with Crippen LogP contribution in [0.15, 0.2) is 22.8 Å². The molecule has 0 aliphatic heterocycles. The molecule has 0 bridgehead atoms. The third kappa shape index (κ3) is 1.54. The summed E-state index contributed by atoms with van der Waals surface area (Å²) in [6, 6.07) is 5.00. The van der Waals surface area contributed by atoms with E-state index >= 15 is 0 Å². The third-order valence-electron chi connectivity index (χ3n) is 0.968. The van der Waals surface area contributed by atoms with Gasteiger partial charge in [-0.05, 0) is 28.1 Å². The van der Waals surface area contributed by atoms with Crippen LogP contribution in [0.5, 0.6) is 0 Å². The van der Waals surface area contributed by atoms with Crippen molar-refractivity contribution in [2.45, 2.75) is 0 Å². The average Bonchev–Trinajstić information content (AvgIpc) is 1.88. The van der Waals surface area contributed by atoms with Crippen LogP contribution < -0.4 is 5.73 Å². The molecule has 0 saturated carbocycles. The number of aromatic nitrogens is 1. The van der Waals surface area contributed by atoms with Gasteiger partial charge in [0.05, 0.1) is 0 Å². The van der Waals surface area contributed by atoms with Gasteiger partial charge < -0.3 is 5.73 Å². The first-order chi connectivity index (χ1) is 4.70. The highest BCUT2D eigenvalue weighted by atomic mass is 79.9. The summed E-state index contributed by atoms with van der Waals surface area (Å²) in [4.78, 5) is 14.3. The van der Waals surface area contributed by atoms with Crippen LogP contribution in [0.4, 0.5) is 0 Å². The molecular weight excluding hydrogens is 196 g/mol. The topological polar surface area (TPSA) is 56.0 Å². The number of primary amides is 1. The summed E-state index contributed by atoms with van der Waals surface area (Å²) < 4.78 is 0.615. The number of pyridine rings is 1. The standard InChI is InChI=1S/C6H5BrN2O/c7-5-3-1-2-4(9-5)6(8)10/h1-3H,(H2,8,10). The molecule has 0 aromatic carbocycles. The quantitative estimate of drug-likeness (QED) is 0.687. The van der Waals surface area contributed by atoms with E-state index in [0.29, 0.717) is 4.60 Å². The van der Waals surface area contributed by atoms with E-state index in [9.17, 15) is 4.79 Å². The predicted molar refractivity (Wildman–Crippen MR) is 40.5 cm³/mol. The number of amides is 1. The third-order valence-corrected chi connectivity index (χ3v) is 1.41. The van der Waals surface area contributed by atoms with Gasteiger partial charge in [-0.25, -0.2) is 4.98 Å². The second kappa shape index (κ2) is 2.79. The molecule has 1 heterocycles. The molecule has 0 spiro atoms. The molecule has 0 radical (unpaired) electrons. The Morgan fingerprint density at radius 1 is 1.60 bits per heavy atom. The minimum absolute atomic E-state index is 0.273. The molecule has 0 saturated heterocycles. The number of hydrogen-bond acceptors (Lipinski definition) is 2.